The van der Waals surface area contributed by atoms with Crippen LogP contribution in [0.2, 0.25) is 0 Å². The number of aliphatic carboxylic acids is 1. The van der Waals surface area contributed by atoms with Gasteiger partial charge in [0.05, 0.1) is 11.5 Å². The van der Waals surface area contributed by atoms with Crippen LogP contribution in [0.1, 0.15) is 29.6 Å². The second-order valence-corrected chi connectivity index (χ2v) is 5.53. The van der Waals surface area contributed by atoms with E-state index in [4.69, 9.17) is 4.74 Å². The number of allylic oxidation sites excluding steroid dienone is 1. The number of hydrogen-bond donors (Lipinski definition) is 2. The van der Waals surface area contributed by atoms with Gasteiger partial charge in [-0.2, -0.15) is 0 Å². The van der Waals surface area contributed by atoms with Crippen LogP contribution in [0.4, 0.5) is 0 Å². The number of ether oxygens (including phenoxy) is 1. The Bertz CT molecular complexity index is 705. The number of fused-ring (bicyclic) bond motifs is 1. The molecule has 6 nitrogen and oxygen atoms in total. The van der Waals surface area contributed by atoms with E-state index in [2.05, 4.69) is 0 Å². The van der Waals surface area contributed by atoms with Gasteiger partial charge >= 0.3 is 5.97 Å². The van der Waals surface area contributed by atoms with Gasteiger partial charge in [0.1, 0.15) is 17.8 Å². The number of carbonyl (C=O) groups is 3. The van der Waals surface area contributed by atoms with Crippen molar-refractivity contribution in [3.63, 3.8) is 0 Å². The number of phenolic OH excluding ortho intramolecular Hbond substituents is 1. The van der Waals surface area contributed by atoms with Crippen LogP contribution in [0.15, 0.2) is 29.8 Å². The number of aromatic hydroxyl groups is 1. The molecule has 1 aliphatic heterocycles. The summed E-state index contributed by atoms with van der Waals surface area (Å²) in [4.78, 5) is 35.6. The molecule has 1 aromatic carbocycles. The van der Waals surface area contributed by atoms with E-state index in [0.717, 1.165) is 0 Å². The zero-order chi connectivity index (χ0) is 15.9. The Kier molecular flexibility index (Phi) is 3.24. The number of phenols is 1. The molecular formula is C16H14O6. The Labute approximate surface area is 126 Å². The zero-order valence-electron chi connectivity index (χ0n) is 11.6. The first-order chi connectivity index (χ1) is 10.5. The van der Waals surface area contributed by atoms with Crippen LogP contribution in [0, 0.1) is 5.92 Å². The molecular weight excluding hydrogens is 288 g/mol. The first kappa shape index (κ1) is 14.3. The summed E-state index contributed by atoms with van der Waals surface area (Å²) < 4.78 is 5.77. The topological polar surface area (TPSA) is 101 Å². The third-order valence-electron chi connectivity index (χ3n) is 4.24. The molecule has 0 unspecified atom stereocenters. The van der Waals surface area contributed by atoms with Gasteiger partial charge in [-0.05, 0) is 31.0 Å². The number of Topliss-reactive ketones (excluding diaryl/α,β-unsaturated/α-hetero) is 1. The Morgan fingerprint density at radius 3 is 2.86 bits per heavy atom. The van der Waals surface area contributed by atoms with Gasteiger partial charge in [-0.15, -0.1) is 0 Å². The summed E-state index contributed by atoms with van der Waals surface area (Å²) in [6.07, 6.45) is 2.75. The molecule has 0 saturated carbocycles. The molecule has 22 heavy (non-hydrogen) atoms. The summed E-state index contributed by atoms with van der Waals surface area (Å²) >= 11 is 0. The summed E-state index contributed by atoms with van der Waals surface area (Å²) in [7, 11) is 0. The number of carbonyl (C=O) groups excluding carboxylic acids is 2. The van der Waals surface area contributed by atoms with E-state index in [1.54, 1.807) is 0 Å². The Balaban J connectivity index is 2.10. The lowest BCUT2D eigenvalue weighted by atomic mass is 9.78. The maximum atomic E-state index is 12.8. The van der Waals surface area contributed by atoms with E-state index in [-0.39, 0.29) is 29.1 Å². The van der Waals surface area contributed by atoms with Crippen molar-refractivity contribution in [3.8, 4) is 11.5 Å². The summed E-state index contributed by atoms with van der Waals surface area (Å²) in [6.45, 7) is 0. The first-order valence-corrected chi connectivity index (χ1v) is 6.92. The van der Waals surface area contributed by atoms with Crippen LogP contribution >= 0.6 is 0 Å². The fourth-order valence-corrected chi connectivity index (χ4v) is 3.11. The van der Waals surface area contributed by atoms with Crippen LogP contribution in [0.3, 0.4) is 0 Å². The molecule has 2 aliphatic rings. The summed E-state index contributed by atoms with van der Waals surface area (Å²) in [5, 5.41) is 18.8. The highest BCUT2D eigenvalue weighted by Crippen LogP contribution is 2.46. The lowest BCUT2D eigenvalue weighted by Crippen LogP contribution is -2.48. The van der Waals surface area contributed by atoms with Gasteiger partial charge < -0.3 is 19.7 Å². The quantitative estimate of drug-likeness (QED) is 0.807. The first-order valence-electron chi connectivity index (χ1n) is 6.92. The van der Waals surface area contributed by atoms with Gasteiger partial charge in [-0.1, -0.05) is 6.08 Å². The number of ketones is 1. The fourth-order valence-electron chi connectivity index (χ4n) is 3.11. The van der Waals surface area contributed by atoms with E-state index < -0.39 is 23.3 Å². The van der Waals surface area contributed by atoms with E-state index in [1.807, 2.05) is 0 Å². The molecule has 0 radical (unpaired) electrons. The molecule has 0 aromatic heterocycles. The minimum atomic E-state index is -1.53. The van der Waals surface area contributed by atoms with Gasteiger partial charge in [-0.25, -0.2) is 4.79 Å². The van der Waals surface area contributed by atoms with Crippen molar-refractivity contribution < 1.29 is 29.3 Å². The predicted molar refractivity (Wildman–Crippen MR) is 74.9 cm³/mol. The maximum absolute atomic E-state index is 12.8. The number of benzene rings is 1. The molecule has 1 aromatic rings. The minimum absolute atomic E-state index is 0.0646. The SMILES string of the molecule is O=C[C@@H]1CCC=C(C(=O)O)C[C@@]12Oc1ccc(O)cc1C2=O. The van der Waals surface area contributed by atoms with Gasteiger partial charge in [0.25, 0.3) is 0 Å². The monoisotopic (exact) mass is 302 g/mol. The number of hydrogen-bond acceptors (Lipinski definition) is 5. The number of carboxylic acids is 1. The van der Waals surface area contributed by atoms with Crippen molar-refractivity contribution in [2.75, 3.05) is 0 Å². The highest BCUT2D eigenvalue weighted by atomic mass is 16.5. The highest BCUT2D eigenvalue weighted by Gasteiger charge is 2.54. The van der Waals surface area contributed by atoms with E-state index in [0.29, 0.717) is 19.1 Å². The molecule has 1 spiro atoms. The number of carboxylic acid groups (broad SMARTS) is 1. The van der Waals surface area contributed by atoms with Crippen molar-refractivity contribution in [2.24, 2.45) is 5.92 Å². The highest BCUT2D eigenvalue weighted by molar-refractivity contribution is 6.10. The summed E-state index contributed by atoms with van der Waals surface area (Å²) in [5.41, 5.74) is -1.29. The van der Waals surface area contributed by atoms with Crippen LogP contribution in [-0.4, -0.2) is 33.9 Å². The van der Waals surface area contributed by atoms with Gasteiger partial charge in [0.15, 0.2) is 5.60 Å². The van der Waals surface area contributed by atoms with E-state index in [1.165, 1.54) is 24.3 Å². The molecule has 0 bridgehead atoms. The van der Waals surface area contributed by atoms with E-state index >= 15 is 0 Å². The minimum Gasteiger partial charge on any atom is -0.508 e. The molecule has 3 rings (SSSR count). The van der Waals surface area contributed by atoms with Crippen LogP contribution in [0.5, 0.6) is 11.5 Å². The zero-order valence-corrected chi connectivity index (χ0v) is 11.6. The van der Waals surface area contributed by atoms with Crippen molar-refractivity contribution in [1.82, 2.24) is 0 Å². The van der Waals surface area contributed by atoms with Crippen LogP contribution in [0.25, 0.3) is 0 Å². The Morgan fingerprint density at radius 2 is 2.18 bits per heavy atom. The largest absolute Gasteiger partial charge is 0.508 e. The molecule has 1 aliphatic carbocycles. The Hall–Kier alpha value is -2.63. The molecule has 2 N–H and O–H groups in total. The fraction of sp³-hybridized carbons (Fsp3) is 0.312. The third kappa shape index (κ3) is 1.99. The molecule has 6 heteroatoms. The molecule has 0 amide bonds. The maximum Gasteiger partial charge on any atom is 0.331 e. The molecule has 0 saturated heterocycles. The molecule has 0 fully saturated rings. The van der Waals surface area contributed by atoms with Crippen LogP contribution in [-0.2, 0) is 9.59 Å². The summed E-state index contributed by atoms with van der Waals surface area (Å²) in [5.74, 6) is -2.13. The van der Waals surface area contributed by atoms with Gasteiger partial charge in [0.2, 0.25) is 5.78 Å². The lowest BCUT2D eigenvalue weighted by molar-refractivity contribution is -0.133. The molecule has 114 valence electrons. The number of rotatable bonds is 2. The summed E-state index contributed by atoms with van der Waals surface area (Å²) in [6, 6.07) is 4.11. The normalized spacial score (nSPS) is 26.8. The average Bonchev–Trinajstić information content (AvgIpc) is 2.65. The van der Waals surface area contributed by atoms with Gasteiger partial charge in [-0.3, -0.25) is 4.79 Å². The number of aldehydes is 1. The van der Waals surface area contributed by atoms with Gasteiger partial charge in [0, 0.05) is 12.0 Å². The second-order valence-electron chi connectivity index (χ2n) is 5.53. The molecule has 1 heterocycles. The van der Waals surface area contributed by atoms with Crippen molar-refractivity contribution in [1.29, 1.82) is 0 Å². The lowest BCUT2D eigenvalue weighted by Gasteiger charge is -2.31. The third-order valence-corrected chi connectivity index (χ3v) is 4.24. The molecule has 2 atom stereocenters. The van der Waals surface area contributed by atoms with Crippen molar-refractivity contribution in [3.05, 3.63) is 35.4 Å². The Morgan fingerprint density at radius 1 is 1.41 bits per heavy atom. The van der Waals surface area contributed by atoms with Crippen molar-refractivity contribution in [2.45, 2.75) is 24.9 Å². The van der Waals surface area contributed by atoms with E-state index in [9.17, 15) is 24.6 Å². The predicted octanol–water partition coefficient (Wildman–Crippen LogP) is 1.72. The van der Waals surface area contributed by atoms with Crippen molar-refractivity contribution >= 4 is 18.0 Å². The standard InChI is InChI=1S/C16H14O6/c17-8-10-3-1-2-9(15(20)21)7-16(10)14(19)12-6-11(18)4-5-13(12)22-16/h2,4-6,8,10,18H,1,3,7H2,(H,20,21)/t10-,16+/m0/s1. The second kappa shape index (κ2) is 4.98. The smallest absolute Gasteiger partial charge is 0.331 e. The van der Waals surface area contributed by atoms with Crippen LogP contribution < -0.4 is 4.74 Å². The average molecular weight is 302 g/mol.